The lowest BCUT2D eigenvalue weighted by molar-refractivity contribution is -0.169. The zero-order chi connectivity index (χ0) is 114. The summed E-state index contributed by atoms with van der Waals surface area (Å²) in [5.41, 5.74) is -1.51. The molecule has 0 spiro atoms. The molecule has 0 aliphatic rings. The number of methoxy groups -OCH3 is 7. The van der Waals surface area contributed by atoms with Crippen LogP contribution in [0.25, 0.3) is 0 Å². The predicted molar refractivity (Wildman–Crippen MR) is 606 cm³/mol. The number of amides is 4. The molecule has 39 heteroatoms. The number of carbonyl (C=O) groups is 11. The number of carbonyl (C=O) groups excluding carboxylic acids is 11. The molecular weight excluding hydrogens is 1910 g/mol. The van der Waals surface area contributed by atoms with E-state index in [1.165, 1.54) is 62.3 Å². The van der Waals surface area contributed by atoms with Gasteiger partial charge >= 0.3 is 41.8 Å². The van der Waals surface area contributed by atoms with Gasteiger partial charge in [-0.2, -0.15) is 0 Å². The number of hydrogen-bond acceptors (Lipinski definition) is 35. The molecule has 0 bridgehead atoms. The maximum Gasteiger partial charge on any atom is 0.347 e. The van der Waals surface area contributed by atoms with Crippen molar-refractivity contribution < 1.29 is 138 Å². The molecule has 0 aromatic heterocycles. The molecule has 0 aliphatic carbocycles. The molecule has 0 aromatic carbocycles. The number of esters is 7. The van der Waals surface area contributed by atoms with Gasteiger partial charge in [0.05, 0.1) is 102 Å². The third kappa shape index (κ3) is 150. The van der Waals surface area contributed by atoms with Crippen molar-refractivity contribution in [3.8, 4) is 0 Å². The minimum atomic E-state index is -0.965. The first-order valence-corrected chi connectivity index (χ1v) is 47.6. The summed E-state index contributed by atoms with van der Waals surface area (Å²) < 4.78 is 89.1. The fourth-order valence-electron chi connectivity index (χ4n) is 7.51. The van der Waals surface area contributed by atoms with Crippen LogP contribution in [-0.4, -0.2) is 341 Å². The Morgan fingerprint density at radius 1 is 0.297 bits per heavy atom. The SMILES string of the molecule is C.C.C.C.C.C.C=C(C)OC(C)C(=O)NC(C)(C)C.CC(=O)OCC(=O)NC(C)(C)C.CC(C=NC(C)(C)C)OC(=O)C(C)OC(=O)C(C)C.COC(C)C(=O)NC(C)(C)C.COC(C)C(=O)OCC(=O)OCC=NC(C)(C)C.COC(C)COC(C)C=NC(C)(C)C.COC(C)COC(C)C=NC(C)(C)C.COCC(=O)NC(C)(C)C.COCC(=O)OC(C)C(=O)OC(C)C=NC(C)(C)C.COCCOCC=NC(C)(C)C. The first-order valence-electron chi connectivity index (χ1n) is 47.6. The molecule has 0 aliphatic heterocycles. The molecule has 0 heterocycles. The van der Waals surface area contributed by atoms with E-state index in [1.54, 1.807) is 88.4 Å². The van der Waals surface area contributed by atoms with Crippen LogP contribution in [0.4, 0.5) is 0 Å². The van der Waals surface area contributed by atoms with Gasteiger partial charge in [0.1, 0.15) is 38.1 Å². The monoisotopic (exact) mass is 2140 g/mol. The average Bonchev–Trinajstić information content (AvgIpc) is 0.913. The lowest BCUT2D eigenvalue weighted by Gasteiger charge is -2.23. The maximum atomic E-state index is 11.7. The Kier molecular flexibility index (Phi) is 110. The summed E-state index contributed by atoms with van der Waals surface area (Å²) in [5, 5.41) is 11.0. The third-order valence-electron chi connectivity index (χ3n) is 14.4. The molecule has 0 rings (SSSR count). The van der Waals surface area contributed by atoms with Crippen LogP contribution >= 0.6 is 0 Å². The smallest absolute Gasteiger partial charge is 0.347 e. The zero-order valence-corrected chi connectivity index (χ0v) is 97.7. The van der Waals surface area contributed by atoms with E-state index >= 15 is 0 Å². The van der Waals surface area contributed by atoms with E-state index in [0.29, 0.717) is 38.8 Å². The molecular formula is C109H224N10O29. The largest absolute Gasteiger partial charge is 0.486 e. The van der Waals surface area contributed by atoms with Gasteiger partial charge in [0.25, 0.3) is 11.8 Å². The summed E-state index contributed by atoms with van der Waals surface area (Å²) in [6, 6.07) is 0. The van der Waals surface area contributed by atoms with E-state index in [-0.39, 0.29) is 186 Å². The quantitative estimate of drug-likeness (QED) is 0.0145. The van der Waals surface area contributed by atoms with Gasteiger partial charge < -0.3 is 107 Å². The first kappa shape index (κ1) is 175. The maximum absolute atomic E-state index is 11.7. The molecule has 148 heavy (non-hydrogen) atoms. The van der Waals surface area contributed by atoms with E-state index in [2.05, 4.69) is 139 Å². The fraction of sp³-hybridized carbons (Fsp3) is 0.826. The molecule has 884 valence electrons. The molecule has 0 saturated carbocycles. The number of nitrogens with zero attached hydrogens (tertiary/aromatic N) is 6. The van der Waals surface area contributed by atoms with Crippen molar-refractivity contribution in [2.75, 3.05) is 116 Å². The standard InChI is InChI=1S/C14H25NO4.C13H23NO5.C12H21NO5.2C11H23NO2.C10H19NO2.C9H19NO2.C8H15NO3.C8H17NO2.C7H15NO2.6CH4/c1-9(2)12(16)19-11(4)13(17)18-10(3)8-15-14(5,6)7;1-9(7-14-13(3,4)5)18-12(16)10(2)19-11(15)8-17-6;1-9(16-5)11(15)18-8-10(14)17-7-6-13-12(2,3)4;2*1-9(7-12-11(3,4)5)14-8-10(2)13-6;1-7(2)13-8(3)9(12)11-10(4,5)6;1-9(2,3)10-5-6-12-8-7-11-4;1-6(10)12-5-7(11)9-8(2,3)4;1-6(11-5)7(10)9-8(2,3)4;1-7(2,3)8-6(9)5-10-4;;;;;;/h8-11H,1-7H3;7,9-10H,8H2,1-6H3;6,9H,7-8H2,1-5H3;2*7,9-10H,8H2,1-6H3;8H,1H2,2-6H3,(H,11,12);5H,6-8H2,1-4H3;5H2,1-4H3,(H,9,11);6H,1-5H3,(H,9,10);5H2,1-4H3,(H,8,9);6*1H4. The summed E-state index contributed by atoms with van der Waals surface area (Å²) in [5.74, 6) is -4.12. The van der Waals surface area contributed by atoms with Crippen molar-refractivity contribution in [2.45, 2.75) is 479 Å². The second-order valence-corrected chi connectivity index (χ2v) is 42.9. The van der Waals surface area contributed by atoms with Crippen molar-refractivity contribution >= 4 is 103 Å². The molecule has 0 radical (unpaired) electrons. The van der Waals surface area contributed by atoms with Crippen molar-refractivity contribution in [3.63, 3.8) is 0 Å². The van der Waals surface area contributed by atoms with Crippen molar-refractivity contribution in [3.05, 3.63) is 12.3 Å². The number of hydrogen-bond donors (Lipinski definition) is 4. The van der Waals surface area contributed by atoms with Gasteiger partial charge in [-0.3, -0.25) is 58.7 Å². The summed E-state index contributed by atoms with van der Waals surface area (Å²) in [7, 11) is 10.8. The fourth-order valence-corrected chi connectivity index (χ4v) is 7.51. The molecule has 0 aromatic rings. The predicted octanol–water partition coefficient (Wildman–Crippen LogP) is 18.4. The van der Waals surface area contributed by atoms with E-state index in [1.807, 2.05) is 186 Å². The highest BCUT2D eigenvalue weighted by molar-refractivity contribution is 5.84. The van der Waals surface area contributed by atoms with Crippen molar-refractivity contribution in [1.29, 1.82) is 0 Å². The Balaban J connectivity index is -0.0000000936. The highest BCUT2D eigenvalue weighted by Gasteiger charge is 2.27. The van der Waals surface area contributed by atoms with Crippen LogP contribution in [0.1, 0.15) is 356 Å². The van der Waals surface area contributed by atoms with Gasteiger partial charge in [0, 0.05) is 116 Å². The second-order valence-electron chi connectivity index (χ2n) is 42.9. The Morgan fingerprint density at radius 2 is 0.615 bits per heavy atom. The lowest BCUT2D eigenvalue weighted by Crippen LogP contribution is -2.45. The molecule has 11 unspecified atom stereocenters. The Bertz CT molecular complexity index is 3550. The van der Waals surface area contributed by atoms with Crippen LogP contribution < -0.4 is 21.3 Å². The van der Waals surface area contributed by atoms with Crippen molar-refractivity contribution in [1.82, 2.24) is 21.3 Å². The highest BCUT2D eigenvalue weighted by atomic mass is 16.6. The summed E-state index contributed by atoms with van der Waals surface area (Å²) in [4.78, 5) is 148. The minimum absolute atomic E-state index is 0. The normalized spacial score (nSPS) is 13.7. The second kappa shape index (κ2) is 93.2. The average molecular weight is 2140 g/mol. The lowest BCUT2D eigenvalue weighted by atomic mass is 10.1. The Hall–Kier alpha value is -8.67. The highest BCUT2D eigenvalue weighted by Crippen LogP contribution is 2.14. The molecule has 0 saturated heterocycles. The molecule has 39 nitrogen and oxygen atoms in total. The van der Waals surface area contributed by atoms with E-state index < -0.39 is 85.0 Å². The summed E-state index contributed by atoms with van der Waals surface area (Å²) >= 11 is 0. The van der Waals surface area contributed by atoms with E-state index in [0.717, 1.165) is 0 Å². The summed E-state index contributed by atoms with van der Waals surface area (Å²) in [6.45, 7) is 90.6. The van der Waals surface area contributed by atoms with Crippen LogP contribution in [0.5, 0.6) is 0 Å². The van der Waals surface area contributed by atoms with E-state index in [9.17, 15) is 52.7 Å². The van der Waals surface area contributed by atoms with Gasteiger partial charge in [0.2, 0.25) is 11.8 Å². The first-order chi connectivity index (χ1) is 64.0. The van der Waals surface area contributed by atoms with Crippen LogP contribution in [0.15, 0.2) is 42.3 Å². The Morgan fingerprint density at radius 3 is 0.905 bits per heavy atom. The van der Waals surface area contributed by atoms with Gasteiger partial charge in [-0.15, -0.1) is 0 Å². The third-order valence-corrected chi connectivity index (χ3v) is 14.4. The van der Waals surface area contributed by atoms with Gasteiger partial charge in [0.15, 0.2) is 37.6 Å². The molecule has 4 N–H and O–H groups in total. The number of allylic oxidation sites excluding steroid dienone is 1. The number of rotatable bonds is 41. The van der Waals surface area contributed by atoms with Crippen molar-refractivity contribution in [2.24, 2.45) is 35.9 Å². The van der Waals surface area contributed by atoms with Gasteiger partial charge in [-0.1, -0.05) is 65.0 Å². The van der Waals surface area contributed by atoms with Crippen LogP contribution in [0.2, 0.25) is 0 Å². The van der Waals surface area contributed by atoms with E-state index in [4.69, 9.17) is 66.3 Å². The number of ether oxygens (including phenoxy) is 18. The minimum Gasteiger partial charge on any atom is -0.486 e. The van der Waals surface area contributed by atoms with Crippen LogP contribution in [0, 0.1) is 5.92 Å². The van der Waals surface area contributed by atoms with Gasteiger partial charge in [-0.25, -0.2) is 24.0 Å². The molecule has 4 amide bonds. The molecule has 11 atom stereocenters. The topological polar surface area (TPSA) is 476 Å². The Labute approximate surface area is 900 Å². The van der Waals surface area contributed by atoms with Crippen LogP contribution in [-0.2, 0) is 138 Å². The number of nitrogens with one attached hydrogen (secondary N) is 4. The summed E-state index contributed by atoms with van der Waals surface area (Å²) in [6.07, 6.45) is 6.19. The molecule has 0 fully saturated rings. The van der Waals surface area contributed by atoms with Crippen LogP contribution in [0.3, 0.4) is 0 Å². The zero-order valence-electron chi connectivity index (χ0n) is 97.7. The van der Waals surface area contributed by atoms with Gasteiger partial charge in [-0.05, 0) is 291 Å². The number of aliphatic imine (C=N–C) groups is 6.